The van der Waals surface area contributed by atoms with E-state index < -0.39 is 23.5 Å². The number of hydrogen-bond donors (Lipinski definition) is 0. The molecule has 0 unspecified atom stereocenters. The van der Waals surface area contributed by atoms with Gasteiger partial charge in [0.15, 0.2) is 0 Å². The number of rotatable bonds is 3. The molecule has 0 aliphatic heterocycles. The summed E-state index contributed by atoms with van der Waals surface area (Å²) in [6, 6.07) is 9.34. The molecular formula is C20H16F6N2. The number of aromatic nitrogens is 2. The van der Waals surface area contributed by atoms with Crippen molar-refractivity contribution in [3.05, 3.63) is 71.0 Å². The second-order valence-corrected chi connectivity index (χ2v) is 6.29. The van der Waals surface area contributed by atoms with E-state index in [1.54, 1.807) is 6.92 Å². The lowest BCUT2D eigenvalue weighted by atomic mass is 10.0. The molecule has 0 aliphatic carbocycles. The van der Waals surface area contributed by atoms with Crippen LogP contribution in [0.25, 0.3) is 16.8 Å². The molecular weight excluding hydrogens is 382 g/mol. The van der Waals surface area contributed by atoms with E-state index in [0.29, 0.717) is 34.6 Å². The van der Waals surface area contributed by atoms with E-state index >= 15 is 0 Å². The molecule has 0 bridgehead atoms. The van der Waals surface area contributed by atoms with Crippen LogP contribution in [0.1, 0.15) is 29.4 Å². The van der Waals surface area contributed by atoms with Crippen molar-refractivity contribution in [3.8, 4) is 16.8 Å². The Labute approximate surface area is 157 Å². The summed E-state index contributed by atoms with van der Waals surface area (Å²) >= 11 is 0. The largest absolute Gasteiger partial charge is 0.416 e. The fourth-order valence-electron chi connectivity index (χ4n) is 3.05. The summed E-state index contributed by atoms with van der Waals surface area (Å²) in [4.78, 5) is 0. The molecule has 1 heterocycles. The highest BCUT2D eigenvalue weighted by molar-refractivity contribution is 5.70. The molecule has 28 heavy (non-hydrogen) atoms. The zero-order valence-corrected chi connectivity index (χ0v) is 15.0. The molecule has 0 radical (unpaired) electrons. The number of halogens is 6. The number of alkyl halides is 6. The Balaban J connectivity index is 2.04. The van der Waals surface area contributed by atoms with Crippen molar-refractivity contribution in [3.63, 3.8) is 0 Å². The van der Waals surface area contributed by atoms with Gasteiger partial charge in [-0.05, 0) is 55.3 Å². The van der Waals surface area contributed by atoms with Crippen molar-refractivity contribution >= 4 is 0 Å². The molecule has 148 valence electrons. The summed E-state index contributed by atoms with van der Waals surface area (Å²) < 4.78 is 78.2. The maximum atomic E-state index is 12.8. The molecule has 0 amide bonds. The average molecular weight is 398 g/mol. The van der Waals surface area contributed by atoms with Gasteiger partial charge in [-0.2, -0.15) is 31.4 Å². The summed E-state index contributed by atoms with van der Waals surface area (Å²) in [6.45, 7) is 3.59. The van der Waals surface area contributed by atoms with E-state index in [-0.39, 0.29) is 0 Å². The highest BCUT2D eigenvalue weighted by atomic mass is 19.4. The Morgan fingerprint density at radius 3 is 1.68 bits per heavy atom. The lowest BCUT2D eigenvalue weighted by Crippen LogP contribution is -2.06. The van der Waals surface area contributed by atoms with Gasteiger partial charge in [-0.3, -0.25) is 0 Å². The Morgan fingerprint density at radius 1 is 0.786 bits per heavy atom. The van der Waals surface area contributed by atoms with Gasteiger partial charge in [0.1, 0.15) is 0 Å². The van der Waals surface area contributed by atoms with Crippen LogP contribution in [0.4, 0.5) is 26.3 Å². The minimum absolute atomic E-state index is 0.443. The van der Waals surface area contributed by atoms with Gasteiger partial charge in [0.05, 0.1) is 22.5 Å². The highest BCUT2D eigenvalue weighted by Crippen LogP contribution is 2.34. The van der Waals surface area contributed by atoms with Crippen LogP contribution in [0.3, 0.4) is 0 Å². The first kappa shape index (κ1) is 20.0. The number of hydrogen-bond acceptors (Lipinski definition) is 1. The maximum absolute atomic E-state index is 12.8. The van der Waals surface area contributed by atoms with Crippen molar-refractivity contribution in [2.45, 2.75) is 32.6 Å². The van der Waals surface area contributed by atoms with Gasteiger partial charge in [0, 0.05) is 11.3 Å². The van der Waals surface area contributed by atoms with E-state index in [2.05, 4.69) is 5.10 Å². The quantitative estimate of drug-likeness (QED) is 0.464. The van der Waals surface area contributed by atoms with Crippen LogP contribution in [0.15, 0.2) is 48.5 Å². The third-order valence-electron chi connectivity index (χ3n) is 4.46. The van der Waals surface area contributed by atoms with Gasteiger partial charge in [0.25, 0.3) is 0 Å². The Kier molecular flexibility index (Phi) is 4.99. The summed E-state index contributed by atoms with van der Waals surface area (Å²) in [5.41, 5.74) is 1.46. The van der Waals surface area contributed by atoms with Crippen LogP contribution >= 0.6 is 0 Å². The fourth-order valence-corrected chi connectivity index (χ4v) is 3.05. The summed E-state index contributed by atoms with van der Waals surface area (Å²) in [5, 5.41) is 4.45. The van der Waals surface area contributed by atoms with Gasteiger partial charge in [-0.1, -0.05) is 19.1 Å². The van der Waals surface area contributed by atoms with Crippen LogP contribution in [0.5, 0.6) is 0 Å². The third-order valence-corrected chi connectivity index (χ3v) is 4.46. The first-order valence-corrected chi connectivity index (χ1v) is 8.46. The molecule has 1 aromatic heterocycles. The van der Waals surface area contributed by atoms with E-state index in [1.807, 2.05) is 6.92 Å². The van der Waals surface area contributed by atoms with E-state index in [9.17, 15) is 26.3 Å². The Hall–Kier alpha value is -2.77. The first-order chi connectivity index (χ1) is 13.0. The monoisotopic (exact) mass is 398 g/mol. The normalized spacial score (nSPS) is 12.4. The maximum Gasteiger partial charge on any atom is 0.416 e. The Morgan fingerprint density at radius 2 is 1.25 bits per heavy atom. The third kappa shape index (κ3) is 3.76. The molecule has 0 spiro atoms. The SMILES string of the molecule is CCc1nn(-c2ccc(C(F)(F)F)cc2)c(C)c1-c1ccc(C(F)(F)F)cc1. The van der Waals surface area contributed by atoms with Crippen LogP contribution in [-0.2, 0) is 18.8 Å². The van der Waals surface area contributed by atoms with Gasteiger partial charge in [0.2, 0.25) is 0 Å². The first-order valence-electron chi connectivity index (χ1n) is 8.46. The molecule has 2 nitrogen and oxygen atoms in total. The lowest BCUT2D eigenvalue weighted by Gasteiger charge is -2.10. The zero-order chi connectivity index (χ0) is 20.7. The second-order valence-electron chi connectivity index (χ2n) is 6.29. The molecule has 2 aromatic carbocycles. The van der Waals surface area contributed by atoms with E-state index in [1.165, 1.54) is 28.9 Å². The van der Waals surface area contributed by atoms with Crippen molar-refractivity contribution in [1.29, 1.82) is 0 Å². The van der Waals surface area contributed by atoms with Gasteiger partial charge < -0.3 is 0 Å². The highest BCUT2D eigenvalue weighted by Gasteiger charge is 2.31. The second kappa shape index (κ2) is 7.00. The molecule has 0 saturated carbocycles. The fraction of sp³-hybridized carbons (Fsp3) is 0.250. The number of aryl methyl sites for hydroxylation is 1. The van der Waals surface area contributed by atoms with Crippen molar-refractivity contribution in [2.24, 2.45) is 0 Å². The molecule has 0 atom stereocenters. The van der Waals surface area contributed by atoms with Crippen LogP contribution < -0.4 is 0 Å². The molecule has 0 fully saturated rings. The van der Waals surface area contributed by atoms with Crippen molar-refractivity contribution < 1.29 is 26.3 Å². The number of nitrogens with zero attached hydrogens (tertiary/aromatic N) is 2. The van der Waals surface area contributed by atoms with E-state index in [4.69, 9.17) is 0 Å². The zero-order valence-electron chi connectivity index (χ0n) is 15.0. The molecule has 0 N–H and O–H groups in total. The lowest BCUT2D eigenvalue weighted by molar-refractivity contribution is -0.138. The van der Waals surface area contributed by atoms with Crippen molar-refractivity contribution in [1.82, 2.24) is 9.78 Å². The summed E-state index contributed by atoms with van der Waals surface area (Å²) in [7, 11) is 0. The molecule has 0 aliphatic rings. The Bertz CT molecular complexity index is 964. The molecule has 8 heteroatoms. The standard InChI is InChI=1S/C20H16F6N2/c1-3-17-18(13-4-6-14(7-5-13)19(21,22)23)12(2)28(27-17)16-10-8-15(9-11-16)20(24,25)26/h4-11H,3H2,1-2H3. The topological polar surface area (TPSA) is 17.8 Å². The predicted molar refractivity (Wildman–Crippen MR) is 93.1 cm³/mol. The van der Waals surface area contributed by atoms with E-state index in [0.717, 1.165) is 24.3 Å². The van der Waals surface area contributed by atoms with Crippen molar-refractivity contribution in [2.75, 3.05) is 0 Å². The van der Waals surface area contributed by atoms with Gasteiger partial charge in [-0.25, -0.2) is 4.68 Å². The van der Waals surface area contributed by atoms with Crippen LogP contribution in [0.2, 0.25) is 0 Å². The predicted octanol–water partition coefficient (Wildman–Crippen LogP) is 6.45. The average Bonchev–Trinajstić information content (AvgIpc) is 2.97. The minimum atomic E-state index is -4.43. The summed E-state index contributed by atoms with van der Waals surface area (Å²) in [5.74, 6) is 0. The van der Waals surface area contributed by atoms with Gasteiger partial charge in [-0.15, -0.1) is 0 Å². The van der Waals surface area contributed by atoms with Crippen LogP contribution in [-0.4, -0.2) is 9.78 Å². The molecule has 3 rings (SSSR count). The minimum Gasteiger partial charge on any atom is -0.237 e. The number of benzene rings is 2. The molecule has 3 aromatic rings. The van der Waals surface area contributed by atoms with Gasteiger partial charge >= 0.3 is 12.4 Å². The smallest absolute Gasteiger partial charge is 0.237 e. The molecule has 0 saturated heterocycles. The summed E-state index contributed by atoms with van der Waals surface area (Å²) in [6.07, 6.45) is -8.34. The van der Waals surface area contributed by atoms with Crippen LogP contribution in [0, 0.1) is 6.92 Å².